The molecule has 1 aromatic heterocycles. The van der Waals surface area contributed by atoms with Gasteiger partial charge in [-0.25, -0.2) is 13.4 Å². The van der Waals surface area contributed by atoms with Gasteiger partial charge in [0.2, 0.25) is 0 Å². The molecule has 0 saturated carbocycles. The first-order chi connectivity index (χ1) is 14.5. The van der Waals surface area contributed by atoms with Crippen molar-refractivity contribution >= 4 is 65.6 Å². The Kier molecular flexibility index (Phi) is 7.43. The largest absolute Gasteiger partial charge is 0.482 e. The highest BCUT2D eigenvalue weighted by molar-refractivity contribution is 7.90. The molecule has 3 aromatic rings. The van der Waals surface area contributed by atoms with Gasteiger partial charge in [-0.1, -0.05) is 34.5 Å². The zero-order valence-electron chi connectivity index (χ0n) is 17.1. The van der Waals surface area contributed by atoms with E-state index in [4.69, 9.17) is 27.9 Å². The van der Waals surface area contributed by atoms with Crippen LogP contribution < -0.4 is 9.64 Å². The van der Waals surface area contributed by atoms with E-state index in [1.54, 1.807) is 30.3 Å². The Morgan fingerprint density at radius 3 is 2.52 bits per heavy atom. The maximum atomic E-state index is 13.0. The van der Waals surface area contributed by atoms with Crippen LogP contribution in [0.2, 0.25) is 10.0 Å². The molecule has 0 aliphatic carbocycles. The number of likely N-dealkylation sites (N-methyl/N-ethyl adjacent to an activating group) is 1. The van der Waals surface area contributed by atoms with Gasteiger partial charge in [-0.2, -0.15) is 0 Å². The standard InChI is InChI=1S/C20H21Cl2N3O4S2/c1-24(2)8-9-25(19(26)12-29-17-7-4-13(21)10-15(17)22)20-23-16-6-5-14(31(3,27)28)11-18(16)30-20/h4-7,10-11H,8-9,12H2,1-3H3. The van der Waals surface area contributed by atoms with Crippen molar-refractivity contribution in [1.82, 2.24) is 9.88 Å². The Morgan fingerprint density at radius 2 is 1.87 bits per heavy atom. The smallest absolute Gasteiger partial charge is 0.266 e. The highest BCUT2D eigenvalue weighted by Crippen LogP contribution is 2.31. The molecule has 0 N–H and O–H groups in total. The summed E-state index contributed by atoms with van der Waals surface area (Å²) in [7, 11) is 0.473. The van der Waals surface area contributed by atoms with Crippen LogP contribution in [0.25, 0.3) is 10.2 Å². The molecule has 1 heterocycles. The van der Waals surface area contributed by atoms with Gasteiger partial charge in [-0.3, -0.25) is 9.69 Å². The molecular formula is C20H21Cl2N3O4S2. The minimum Gasteiger partial charge on any atom is -0.482 e. The molecular weight excluding hydrogens is 481 g/mol. The van der Waals surface area contributed by atoms with Crippen LogP contribution in [-0.4, -0.2) is 64.3 Å². The number of ether oxygens (including phenoxy) is 1. The summed E-state index contributed by atoms with van der Waals surface area (Å²) in [5, 5.41) is 1.26. The van der Waals surface area contributed by atoms with E-state index in [1.165, 1.54) is 22.3 Å². The molecule has 0 aliphatic heterocycles. The maximum Gasteiger partial charge on any atom is 0.266 e. The van der Waals surface area contributed by atoms with Gasteiger partial charge >= 0.3 is 0 Å². The summed E-state index contributed by atoms with van der Waals surface area (Å²) in [5.74, 6) is 0.0596. The second kappa shape index (κ2) is 9.70. The topological polar surface area (TPSA) is 79.8 Å². The number of aromatic nitrogens is 1. The molecule has 0 fully saturated rings. The third-order valence-corrected chi connectivity index (χ3v) is 7.01. The van der Waals surface area contributed by atoms with Crippen molar-refractivity contribution in [3.8, 4) is 5.75 Å². The zero-order chi connectivity index (χ0) is 22.8. The van der Waals surface area contributed by atoms with Crippen LogP contribution in [0.4, 0.5) is 5.13 Å². The molecule has 3 rings (SSSR count). The molecule has 0 bridgehead atoms. The van der Waals surface area contributed by atoms with Crippen molar-refractivity contribution in [3.63, 3.8) is 0 Å². The predicted molar refractivity (Wildman–Crippen MR) is 126 cm³/mol. The Hall–Kier alpha value is -1.91. The number of hydrogen-bond acceptors (Lipinski definition) is 7. The van der Waals surface area contributed by atoms with Crippen molar-refractivity contribution in [2.45, 2.75) is 4.90 Å². The fourth-order valence-corrected chi connectivity index (χ4v) is 4.91. The molecule has 0 aliphatic rings. The van der Waals surface area contributed by atoms with E-state index < -0.39 is 9.84 Å². The summed E-state index contributed by atoms with van der Waals surface area (Å²) in [6, 6.07) is 9.50. The van der Waals surface area contributed by atoms with Crippen molar-refractivity contribution in [1.29, 1.82) is 0 Å². The van der Waals surface area contributed by atoms with E-state index in [9.17, 15) is 13.2 Å². The Morgan fingerprint density at radius 1 is 1.13 bits per heavy atom. The molecule has 7 nitrogen and oxygen atoms in total. The second-order valence-electron chi connectivity index (χ2n) is 7.11. The Labute approximate surface area is 195 Å². The van der Waals surface area contributed by atoms with E-state index in [1.807, 2.05) is 19.0 Å². The number of hydrogen-bond donors (Lipinski definition) is 0. The van der Waals surface area contributed by atoms with Gasteiger partial charge in [-0.15, -0.1) is 0 Å². The third-order valence-electron chi connectivity index (χ3n) is 4.32. The van der Waals surface area contributed by atoms with Gasteiger partial charge < -0.3 is 9.64 Å². The lowest BCUT2D eigenvalue weighted by Crippen LogP contribution is -2.39. The predicted octanol–water partition coefficient (Wildman–Crippen LogP) is 3.98. The molecule has 0 spiro atoms. The van der Waals surface area contributed by atoms with E-state index in [2.05, 4.69) is 4.98 Å². The fourth-order valence-electron chi connectivity index (χ4n) is 2.68. The summed E-state index contributed by atoms with van der Waals surface area (Å²) >= 11 is 13.3. The first kappa shape index (κ1) is 23.7. The molecule has 1 amide bonds. The van der Waals surface area contributed by atoms with Gasteiger partial charge in [0.15, 0.2) is 21.6 Å². The van der Waals surface area contributed by atoms with Gasteiger partial charge in [0.05, 0.1) is 20.1 Å². The summed E-state index contributed by atoms with van der Waals surface area (Å²) < 4.78 is 30.0. The first-order valence-electron chi connectivity index (χ1n) is 9.18. The number of carbonyl (C=O) groups excluding carboxylic acids is 1. The minimum atomic E-state index is -3.34. The third kappa shape index (κ3) is 6.08. The molecule has 0 radical (unpaired) electrons. The molecule has 0 saturated heterocycles. The second-order valence-corrected chi connectivity index (χ2v) is 11.0. The number of benzene rings is 2. The van der Waals surface area contributed by atoms with E-state index >= 15 is 0 Å². The number of fused-ring (bicyclic) bond motifs is 1. The number of thiazole rings is 1. The first-order valence-corrected chi connectivity index (χ1v) is 12.6. The quantitative estimate of drug-likeness (QED) is 0.464. The number of amides is 1. The summed E-state index contributed by atoms with van der Waals surface area (Å²) in [6.07, 6.45) is 1.16. The Bertz CT molecular complexity index is 1210. The summed E-state index contributed by atoms with van der Waals surface area (Å²) in [6.45, 7) is 0.763. The number of halogens is 2. The molecule has 0 atom stereocenters. The number of nitrogens with zero attached hydrogens (tertiary/aromatic N) is 3. The molecule has 166 valence electrons. The zero-order valence-corrected chi connectivity index (χ0v) is 20.3. The average Bonchev–Trinajstić information content (AvgIpc) is 3.09. The Balaban J connectivity index is 1.86. The van der Waals surface area contributed by atoms with Crippen LogP contribution >= 0.6 is 34.5 Å². The van der Waals surface area contributed by atoms with Gasteiger partial charge in [0, 0.05) is 24.4 Å². The number of sulfone groups is 1. The fraction of sp³-hybridized carbons (Fsp3) is 0.300. The number of anilines is 1. The van der Waals surface area contributed by atoms with Crippen LogP contribution in [0.5, 0.6) is 5.75 Å². The van der Waals surface area contributed by atoms with Crippen LogP contribution in [0, 0.1) is 0 Å². The van der Waals surface area contributed by atoms with Crippen molar-refractivity contribution < 1.29 is 17.9 Å². The summed E-state index contributed by atoms with van der Waals surface area (Å²) in [4.78, 5) is 21.2. The minimum absolute atomic E-state index is 0.210. The van der Waals surface area contributed by atoms with Crippen molar-refractivity contribution in [3.05, 3.63) is 46.4 Å². The van der Waals surface area contributed by atoms with E-state index in [0.717, 1.165) is 6.26 Å². The lowest BCUT2D eigenvalue weighted by Gasteiger charge is -2.22. The van der Waals surface area contributed by atoms with E-state index in [-0.39, 0.29) is 17.4 Å². The molecule has 11 heteroatoms. The van der Waals surface area contributed by atoms with Gasteiger partial charge in [0.1, 0.15) is 5.75 Å². The van der Waals surface area contributed by atoms with Crippen molar-refractivity contribution in [2.75, 3.05) is 44.9 Å². The van der Waals surface area contributed by atoms with Crippen molar-refractivity contribution in [2.24, 2.45) is 0 Å². The van der Waals surface area contributed by atoms with Gasteiger partial charge in [-0.05, 0) is 50.5 Å². The highest BCUT2D eigenvalue weighted by atomic mass is 35.5. The normalized spacial score (nSPS) is 11.8. The van der Waals surface area contributed by atoms with Gasteiger partial charge in [0.25, 0.3) is 5.91 Å². The van der Waals surface area contributed by atoms with Crippen LogP contribution in [-0.2, 0) is 14.6 Å². The molecule has 2 aromatic carbocycles. The lowest BCUT2D eigenvalue weighted by molar-refractivity contribution is -0.120. The monoisotopic (exact) mass is 501 g/mol. The average molecular weight is 502 g/mol. The molecule has 0 unspecified atom stereocenters. The molecule has 31 heavy (non-hydrogen) atoms. The maximum absolute atomic E-state index is 13.0. The highest BCUT2D eigenvalue weighted by Gasteiger charge is 2.21. The van der Waals surface area contributed by atoms with Crippen LogP contribution in [0.3, 0.4) is 0 Å². The van der Waals surface area contributed by atoms with Crippen LogP contribution in [0.1, 0.15) is 0 Å². The SMILES string of the molecule is CN(C)CCN(C(=O)COc1ccc(Cl)cc1Cl)c1nc2ccc(S(C)(=O)=O)cc2s1. The summed E-state index contributed by atoms with van der Waals surface area (Å²) in [5.41, 5.74) is 0.622. The van der Waals surface area contributed by atoms with E-state index in [0.29, 0.717) is 44.2 Å². The number of rotatable bonds is 8. The number of carbonyl (C=O) groups is 1. The lowest BCUT2D eigenvalue weighted by atomic mass is 10.3. The van der Waals surface area contributed by atoms with Crippen LogP contribution in [0.15, 0.2) is 41.3 Å².